The number of rotatable bonds is 7. The Morgan fingerprint density at radius 3 is 1.20 bits per heavy atom. The fraction of sp³-hybridized carbons (Fsp3) is 0.391. The van der Waals surface area contributed by atoms with E-state index in [4.69, 9.17) is 17.0 Å². The van der Waals surface area contributed by atoms with Crippen molar-refractivity contribution in [2.24, 2.45) is 11.8 Å². The molecule has 49 heavy (non-hydrogen) atoms. The van der Waals surface area contributed by atoms with Crippen LogP contribution in [0.3, 0.4) is 0 Å². The number of hydrogen-bond donors (Lipinski definition) is 0. The fourth-order valence-electron chi connectivity index (χ4n) is 8.95. The van der Waals surface area contributed by atoms with Crippen LogP contribution in [-0.2, 0) is 16.4 Å². The fourth-order valence-corrected chi connectivity index (χ4v) is 27.5. The average molecular weight is 770 g/mol. The topological polar surface area (TPSA) is 0 Å². The maximum atomic E-state index is 8.76. The summed E-state index contributed by atoms with van der Waals surface area (Å²) in [6.07, 6.45) is 5.02. The summed E-state index contributed by atoms with van der Waals surface area (Å²) in [7, 11) is 17.5. The van der Waals surface area contributed by atoms with Gasteiger partial charge in [-0.3, -0.25) is 0 Å². The second kappa shape index (κ2) is 12.8. The average Bonchev–Trinajstić information content (AvgIpc) is 3.67. The van der Waals surface area contributed by atoms with E-state index in [-0.39, 0.29) is 7.25 Å². The number of hydrogen-bond acceptors (Lipinski definition) is 0. The van der Waals surface area contributed by atoms with E-state index in [9.17, 15) is 0 Å². The predicted octanol–water partition coefficient (Wildman–Crippen LogP) is 14.8. The van der Waals surface area contributed by atoms with Crippen molar-refractivity contribution in [2.45, 2.75) is 101 Å². The van der Waals surface area contributed by atoms with Crippen molar-refractivity contribution >= 4 is 29.2 Å². The van der Waals surface area contributed by atoms with E-state index in [0.717, 1.165) is 4.13 Å². The molecule has 0 saturated carbocycles. The van der Waals surface area contributed by atoms with Gasteiger partial charge >= 0.3 is 307 Å². The third-order valence-electron chi connectivity index (χ3n) is 12.6. The molecule has 2 aliphatic rings. The van der Waals surface area contributed by atoms with Crippen LogP contribution < -0.4 is 0 Å². The van der Waals surface area contributed by atoms with Gasteiger partial charge in [0.15, 0.2) is 0 Å². The van der Waals surface area contributed by atoms with Gasteiger partial charge < -0.3 is 0 Å². The van der Waals surface area contributed by atoms with Crippen LogP contribution in [0, 0.1) is 67.2 Å². The molecule has 0 fully saturated rings. The Morgan fingerprint density at radius 2 is 0.898 bits per heavy atom. The van der Waals surface area contributed by atoms with Crippen LogP contribution >= 0.6 is 17.0 Å². The Balaban J connectivity index is 1.68. The summed E-state index contributed by atoms with van der Waals surface area (Å²) in [6, 6.07) is 18.6. The Labute approximate surface area is 305 Å². The minimum atomic E-state index is -5.02. The molecule has 0 bridgehead atoms. The summed E-state index contributed by atoms with van der Waals surface area (Å²) in [5.74, 6) is 0.636. The molecule has 257 valence electrons. The van der Waals surface area contributed by atoms with E-state index in [0.29, 0.717) is 11.8 Å². The van der Waals surface area contributed by atoms with E-state index in [2.05, 4.69) is 151 Å². The summed E-state index contributed by atoms with van der Waals surface area (Å²) in [4.78, 5) is 0. The first-order valence-corrected chi connectivity index (χ1v) is 29.2. The van der Waals surface area contributed by atoms with E-state index < -0.39 is 16.4 Å². The maximum absolute atomic E-state index is 8.76. The van der Waals surface area contributed by atoms with E-state index in [1.54, 1.807) is 0 Å². The summed E-state index contributed by atoms with van der Waals surface area (Å²) in [5, 5.41) is 0. The van der Waals surface area contributed by atoms with Crippen molar-refractivity contribution in [3.63, 3.8) is 0 Å². The van der Waals surface area contributed by atoms with Crippen molar-refractivity contribution < 1.29 is 16.4 Å². The first kappa shape index (κ1) is 36.6. The molecule has 0 heterocycles. The molecule has 0 radical (unpaired) electrons. The Hall–Kier alpha value is -2.18. The first-order valence-electron chi connectivity index (χ1n) is 18.3. The molecule has 2 atom stereocenters. The molecule has 0 aliphatic heterocycles. The van der Waals surface area contributed by atoms with Crippen LogP contribution in [0.2, 0.25) is 4.13 Å². The van der Waals surface area contributed by atoms with Gasteiger partial charge in [0.1, 0.15) is 0 Å². The van der Waals surface area contributed by atoms with Crippen LogP contribution in [0.15, 0.2) is 59.7 Å². The molecule has 6 rings (SSSR count). The van der Waals surface area contributed by atoms with Crippen molar-refractivity contribution in [2.75, 3.05) is 0 Å². The Kier molecular flexibility index (Phi) is 9.56. The molecule has 2 unspecified atom stereocenters. The summed E-state index contributed by atoms with van der Waals surface area (Å²) in [5.41, 5.74) is 24.0. The van der Waals surface area contributed by atoms with Gasteiger partial charge in [0.25, 0.3) is 0 Å². The van der Waals surface area contributed by atoms with Gasteiger partial charge in [-0.1, -0.05) is 0 Å². The number of aryl methyl sites for hydroxylation is 6. The van der Waals surface area contributed by atoms with E-state index >= 15 is 0 Å². The molecular weight excluding hydrogens is 715 g/mol. The normalized spacial score (nSPS) is 18.0. The van der Waals surface area contributed by atoms with Gasteiger partial charge in [0.2, 0.25) is 0 Å². The summed E-state index contributed by atoms with van der Waals surface area (Å²) in [6.45, 7) is 29.7. The van der Waals surface area contributed by atoms with Gasteiger partial charge in [-0.2, -0.15) is 0 Å². The number of halogens is 2. The molecule has 4 aromatic rings. The molecule has 0 spiro atoms. The number of allylic oxidation sites excluding steroid dienone is 2. The van der Waals surface area contributed by atoms with Crippen LogP contribution in [0.5, 0.6) is 0 Å². The number of fused-ring (bicyclic) bond motifs is 2. The van der Waals surface area contributed by atoms with Crippen molar-refractivity contribution in [3.8, 4) is 22.3 Å². The second-order valence-electron chi connectivity index (χ2n) is 16.2. The number of benzene rings is 4. The molecular formula is C46H55Cl2Zr. The van der Waals surface area contributed by atoms with Crippen molar-refractivity contribution in [1.29, 1.82) is 0 Å². The van der Waals surface area contributed by atoms with Crippen LogP contribution in [0.4, 0.5) is 0 Å². The van der Waals surface area contributed by atoms with Crippen LogP contribution in [-0.4, -0.2) is 0 Å². The van der Waals surface area contributed by atoms with Gasteiger partial charge in [0.05, 0.1) is 0 Å². The van der Waals surface area contributed by atoms with Gasteiger partial charge in [-0.15, -0.1) is 0 Å². The third kappa shape index (κ3) is 5.74. The Bertz CT molecular complexity index is 1940. The molecule has 2 aliphatic carbocycles. The minimum absolute atomic E-state index is 0.0260. The molecule has 0 N–H and O–H groups in total. The van der Waals surface area contributed by atoms with Gasteiger partial charge in [0, 0.05) is 0 Å². The third-order valence-corrected chi connectivity index (χ3v) is 33.1. The standard InChI is InChI=1S/2C22H25.C2H5.2ClH.Zr/c2*1-13(2)19-11-20-17(6)16(5)10-21(22(20)12-19)18-8-7-14(3)15(4)9-18;1-2;;;/h2*7-13H,1-6H3;1H2,2H3;2*1H;/q;;;;;+2/p-2. The summed E-state index contributed by atoms with van der Waals surface area (Å²) < 4.78 is 0.863. The monoisotopic (exact) mass is 767 g/mol. The van der Waals surface area contributed by atoms with Crippen LogP contribution in [0.25, 0.3) is 34.4 Å². The quantitative estimate of drug-likeness (QED) is 0.176. The molecule has 0 saturated heterocycles. The molecule has 0 nitrogen and oxygen atoms in total. The first-order chi connectivity index (χ1) is 22.9. The van der Waals surface area contributed by atoms with E-state index in [1.165, 1.54) is 100 Å². The summed E-state index contributed by atoms with van der Waals surface area (Å²) >= 11 is -5.02. The van der Waals surface area contributed by atoms with E-state index in [1.807, 2.05) is 0 Å². The second-order valence-corrected chi connectivity index (χ2v) is 39.1. The van der Waals surface area contributed by atoms with Crippen molar-refractivity contribution in [3.05, 3.63) is 126 Å². The zero-order valence-corrected chi connectivity index (χ0v) is 36.0. The molecule has 4 aromatic carbocycles. The molecule has 0 amide bonds. The Morgan fingerprint density at radius 1 is 0.531 bits per heavy atom. The zero-order valence-electron chi connectivity index (χ0n) is 32.0. The van der Waals surface area contributed by atoms with Crippen molar-refractivity contribution in [1.82, 2.24) is 0 Å². The zero-order chi connectivity index (χ0) is 35.9. The molecule has 3 heteroatoms. The molecule has 0 aromatic heterocycles. The SMILES string of the molecule is C[CH2][Zr]([Cl])([Cl])([CH]1C(C(C)C)=Cc2c(-c3ccc(C)c(C)c3)cc(C)c(C)c21)[CH]1C(C(C)C)=Cc2c(-c3ccc(C)c(C)c3)cc(C)c(C)c21. The van der Waals surface area contributed by atoms with Gasteiger partial charge in [-0.05, 0) is 0 Å². The van der Waals surface area contributed by atoms with Crippen LogP contribution in [0.1, 0.15) is 109 Å². The van der Waals surface area contributed by atoms with Gasteiger partial charge in [-0.25, -0.2) is 0 Å². The predicted molar refractivity (Wildman–Crippen MR) is 215 cm³/mol.